The van der Waals surface area contributed by atoms with Crippen molar-refractivity contribution in [1.82, 2.24) is 14.3 Å². The van der Waals surface area contributed by atoms with Gasteiger partial charge in [0.15, 0.2) is 0 Å². The van der Waals surface area contributed by atoms with Gasteiger partial charge in [-0.25, -0.2) is 4.39 Å². The Labute approximate surface area is 228 Å². The molecule has 1 unspecified atom stereocenters. The molecule has 0 spiro atoms. The Balaban J connectivity index is 1.33. The van der Waals surface area contributed by atoms with Gasteiger partial charge in [0.25, 0.3) is 11.5 Å². The first-order chi connectivity index (χ1) is 18.8. The number of carbonyl (C=O) groups excluding carboxylic acids is 1. The number of aromatic nitrogens is 3. The van der Waals surface area contributed by atoms with Crippen molar-refractivity contribution < 1.29 is 18.7 Å². The standard InChI is InChI=1S/C30H39FN4O4/c1-4-5-13-38-18-20-8-10-22(11-9-20)35-17-21-14-23(28(39-19(2)3)16-26(21)33-35)29(36)32-25-7-6-12-34(30(25)37)27-15-24(27)31/h6-7,12,14,16-17,19-20,22,24,27H,4-5,8-11,13,15,18H2,1-3H3,(H,32,36)/t20?,22?,24-,27?/m1/s1. The van der Waals surface area contributed by atoms with Gasteiger partial charge in [0.05, 0.1) is 29.3 Å². The highest BCUT2D eigenvalue weighted by Crippen LogP contribution is 2.38. The van der Waals surface area contributed by atoms with E-state index in [9.17, 15) is 14.0 Å². The van der Waals surface area contributed by atoms with Gasteiger partial charge < -0.3 is 19.4 Å². The number of rotatable bonds is 11. The summed E-state index contributed by atoms with van der Waals surface area (Å²) in [6, 6.07) is 6.61. The van der Waals surface area contributed by atoms with Crippen LogP contribution in [0.3, 0.4) is 0 Å². The van der Waals surface area contributed by atoms with Crippen molar-refractivity contribution in [2.24, 2.45) is 5.92 Å². The summed E-state index contributed by atoms with van der Waals surface area (Å²) >= 11 is 0. The zero-order valence-corrected chi connectivity index (χ0v) is 23.1. The molecule has 39 heavy (non-hydrogen) atoms. The van der Waals surface area contributed by atoms with Gasteiger partial charge in [-0.1, -0.05) is 13.3 Å². The molecule has 8 nitrogen and oxygen atoms in total. The number of anilines is 1. The minimum Gasteiger partial charge on any atom is -0.490 e. The monoisotopic (exact) mass is 538 g/mol. The Bertz CT molecular complexity index is 1360. The van der Waals surface area contributed by atoms with Crippen LogP contribution in [-0.2, 0) is 4.74 Å². The Morgan fingerprint density at radius 2 is 2.00 bits per heavy atom. The quantitative estimate of drug-likeness (QED) is 0.300. The van der Waals surface area contributed by atoms with Crippen molar-refractivity contribution in [3.8, 4) is 5.75 Å². The van der Waals surface area contributed by atoms with Gasteiger partial charge in [-0.05, 0) is 70.1 Å². The minimum absolute atomic E-state index is 0.114. The molecule has 2 aliphatic carbocycles. The molecule has 2 aliphatic rings. The summed E-state index contributed by atoms with van der Waals surface area (Å²) in [6.07, 6.45) is 9.27. The van der Waals surface area contributed by atoms with E-state index in [-0.39, 0.29) is 11.8 Å². The third kappa shape index (κ3) is 6.35. The van der Waals surface area contributed by atoms with E-state index in [1.54, 1.807) is 24.4 Å². The summed E-state index contributed by atoms with van der Waals surface area (Å²) in [5.74, 6) is 0.560. The highest BCUT2D eigenvalue weighted by molar-refractivity contribution is 6.08. The fourth-order valence-electron chi connectivity index (χ4n) is 5.36. The molecule has 1 amide bonds. The van der Waals surface area contributed by atoms with Crippen molar-refractivity contribution in [3.63, 3.8) is 0 Å². The van der Waals surface area contributed by atoms with E-state index in [1.807, 2.05) is 24.7 Å². The Kier molecular flexibility index (Phi) is 8.35. The molecule has 1 aromatic carbocycles. The molecule has 2 fully saturated rings. The lowest BCUT2D eigenvalue weighted by molar-refractivity contribution is 0.0759. The lowest BCUT2D eigenvalue weighted by Crippen LogP contribution is -2.26. The number of carbonyl (C=O) groups is 1. The second-order valence-electron chi connectivity index (χ2n) is 11.2. The molecule has 210 valence electrons. The first-order valence-corrected chi connectivity index (χ1v) is 14.3. The van der Waals surface area contributed by atoms with Crippen LogP contribution in [0.1, 0.15) is 88.2 Å². The van der Waals surface area contributed by atoms with Crippen LogP contribution >= 0.6 is 0 Å². The summed E-state index contributed by atoms with van der Waals surface area (Å²) in [5.41, 5.74) is 0.788. The van der Waals surface area contributed by atoms with Gasteiger partial charge in [-0.3, -0.25) is 14.3 Å². The third-order valence-corrected chi connectivity index (χ3v) is 7.68. The van der Waals surface area contributed by atoms with Crippen molar-refractivity contribution in [1.29, 1.82) is 0 Å². The molecule has 9 heteroatoms. The van der Waals surface area contributed by atoms with E-state index in [1.165, 1.54) is 10.6 Å². The molecule has 2 aromatic heterocycles. The summed E-state index contributed by atoms with van der Waals surface area (Å²) in [6.45, 7) is 7.65. The van der Waals surface area contributed by atoms with E-state index >= 15 is 0 Å². The lowest BCUT2D eigenvalue weighted by Gasteiger charge is -2.28. The van der Waals surface area contributed by atoms with Crippen LogP contribution < -0.4 is 15.6 Å². The number of nitrogens with one attached hydrogen (secondary N) is 1. The van der Waals surface area contributed by atoms with E-state index in [0.717, 1.165) is 62.6 Å². The van der Waals surface area contributed by atoms with E-state index in [0.29, 0.717) is 29.7 Å². The molecule has 2 atom stereocenters. The Hall–Kier alpha value is -3.20. The lowest BCUT2D eigenvalue weighted by atomic mass is 9.86. The molecule has 1 N–H and O–H groups in total. The van der Waals surface area contributed by atoms with Gasteiger partial charge in [0.1, 0.15) is 17.6 Å². The van der Waals surface area contributed by atoms with Crippen LogP contribution in [0.5, 0.6) is 5.75 Å². The van der Waals surface area contributed by atoms with Crippen LogP contribution in [0.4, 0.5) is 10.1 Å². The largest absolute Gasteiger partial charge is 0.490 e. The maximum Gasteiger partial charge on any atom is 0.274 e. The first kappa shape index (κ1) is 27.4. The average molecular weight is 539 g/mol. The molecule has 3 aromatic rings. The molecule has 0 radical (unpaired) electrons. The first-order valence-electron chi connectivity index (χ1n) is 14.3. The predicted molar refractivity (Wildman–Crippen MR) is 149 cm³/mol. The second-order valence-corrected chi connectivity index (χ2v) is 11.2. The number of ether oxygens (including phenoxy) is 2. The number of alkyl halides is 1. The predicted octanol–water partition coefficient (Wildman–Crippen LogP) is 6.07. The van der Waals surface area contributed by atoms with Crippen molar-refractivity contribution in [2.75, 3.05) is 18.5 Å². The summed E-state index contributed by atoms with van der Waals surface area (Å²) in [5, 5.41) is 8.41. The maximum absolute atomic E-state index is 13.6. The fourth-order valence-corrected chi connectivity index (χ4v) is 5.36. The van der Waals surface area contributed by atoms with Gasteiger partial charge in [-0.2, -0.15) is 5.10 Å². The van der Waals surface area contributed by atoms with E-state index in [4.69, 9.17) is 14.6 Å². The Morgan fingerprint density at radius 1 is 1.23 bits per heavy atom. The van der Waals surface area contributed by atoms with Crippen molar-refractivity contribution in [2.45, 2.75) is 90.1 Å². The number of benzene rings is 1. The zero-order valence-electron chi connectivity index (χ0n) is 23.1. The molecular formula is C30H39FN4O4. The molecule has 0 saturated heterocycles. The number of pyridine rings is 1. The number of hydrogen-bond acceptors (Lipinski definition) is 5. The van der Waals surface area contributed by atoms with Gasteiger partial charge in [0.2, 0.25) is 0 Å². The van der Waals surface area contributed by atoms with Crippen LogP contribution in [-0.4, -0.2) is 45.7 Å². The summed E-state index contributed by atoms with van der Waals surface area (Å²) in [4.78, 5) is 26.2. The maximum atomic E-state index is 13.6. The van der Waals surface area contributed by atoms with Crippen molar-refractivity contribution >= 4 is 22.5 Å². The minimum atomic E-state index is -1.02. The summed E-state index contributed by atoms with van der Waals surface area (Å²) < 4.78 is 28.8. The SMILES string of the molecule is CCCCOCC1CCC(n2cc3cc(C(=O)Nc4cccn(C5C[C@H]5F)c4=O)c(OC(C)C)cc3n2)CC1. The molecule has 0 bridgehead atoms. The van der Waals surface area contributed by atoms with Gasteiger partial charge in [-0.15, -0.1) is 0 Å². The number of nitrogens with zero attached hydrogens (tertiary/aromatic N) is 3. The van der Waals surface area contributed by atoms with Crippen LogP contribution in [0.25, 0.3) is 10.9 Å². The summed E-state index contributed by atoms with van der Waals surface area (Å²) in [7, 11) is 0. The number of halogens is 1. The normalized spacial score (nSPS) is 22.8. The molecular weight excluding hydrogens is 499 g/mol. The molecule has 0 aliphatic heterocycles. The van der Waals surface area contributed by atoms with Gasteiger partial charge in [0, 0.05) is 43.5 Å². The molecule has 2 saturated carbocycles. The topological polar surface area (TPSA) is 87.4 Å². The number of fused-ring (bicyclic) bond motifs is 1. The molecule has 5 rings (SSSR count). The highest BCUT2D eigenvalue weighted by Gasteiger charge is 2.40. The number of hydrogen-bond donors (Lipinski definition) is 1. The number of unbranched alkanes of at least 4 members (excludes halogenated alkanes) is 1. The average Bonchev–Trinajstić information content (AvgIpc) is 3.49. The third-order valence-electron chi connectivity index (χ3n) is 7.68. The van der Waals surface area contributed by atoms with Crippen LogP contribution in [0.15, 0.2) is 41.5 Å². The van der Waals surface area contributed by atoms with Gasteiger partial charge >= 0.3 is 0 Å². The second kappa shape index (κ2) is 11.9. The van der Waals surface area contributed by atoms with Crippen LogP contribution in [0.2, 0.25) is 0 Å². The van der Waals surface area contributed by atoms with Crippen molar-refractivity contribution in [3.05, 3.63) is 52.6 Å². The van der Waals surface area contributed by atoms with Crippen LogP contribution in [0, 0.1) is 5.92 Å². The highest BCUT2D eigenvalue weighted by atomic mass is 19.1. The number of amides is 1. The molecule has 2 heterocycles. The smallest absolute Gasteiger partial charge is 0.274 e. The van der Waals surface area contributed by atoms with E-state index in [2.05, 4.69) is 12.2 Å². The Morgan fingerprint density at radius 3 is 2.69 bits per heavy atom. The zero-order chi connectivity index (χ0) is 27.5. The van der Waals surface area contributed by atoms with E-state index < -0.39 is 23.7 Å². The fraction of sp³-hybridized carbons (Fsp3) is 0.567.